The van der Waals surface area contributed by atoms with Crippen molar-refractivity contribution in [2.24, 2.45) is 0 Å². The molecule has 0 spiro atoms. The molecule has 1 amide bonds. The van der Waals surface area contributed by atoms with E-state index in [0.29, 0.717) is 18.2 Å². The summed E-state index contributed by atoms with van der Waals surface area (Å²) in [5, 5.41) is 3.15. The molecule has 4 rings (SSSR count). The monoisotopic (exact) mass is 440 g/mol. The maximum Gasteiger partial charge on any atom is 0.255 e. The maximum absolute atomic E-state index is 13.1. The summed E-state index contributed by atoms with van der Waals surface area (Å²) in [6.07, 6.45) is 3.47. The van der Waals surface area contributed by atoms with Crippen molar-refractivity contribution in [3.8, 4) is 17.0 Å². The molecule has 7 heteroatoms. The first-order valence-corrected chi connectivity index (χ1v) is 12.3. The molecule has 0 bridgehead atoms. The Morgan fingerprint density at radius 3 is 2.61 bits per heavy atom. The fourth-order valence-corrected chi connectivity index (χ4v) is 5.26. The summed E-state index contributed by atoms with van der Waals surface area (Å²) in [6.45, 7) is 3.68. The molecular weight excluding hydrogens is 408 g/mol. The van der Waals surface area contributed by atoms with Gasteiger partial charge in [0.15, 0.2) is 0 Å². The Balaban J connectivity index is 1.52. The van der Waals surface area contributed by atoms with Crippen LogP contribution in [0, 0.1) is 0 Å². The van der Waals surface area contributed by atoms with Gasteiger partial charge in [-0.25, -0.2) is 4.98 Å². The molecule has 2 aliphatic heterocycles. The SMILES string of the molecule is COc1ccc(-c2ccc(C(=O)NCCC3CCCN3C)c(N3CCSCC3)n2)cc1. The number of anilines is 1. The Hall–Kier alpha value is -2.25. The molecule has 0 aliphatic carbocycles. The number of hydrogen-bond acceptors (Lipinski definition) is 6. The third kappa shape index (κ3) is 5.33. The van der Waals surface area contributed by atoms with Crippen LogP contribution in [0.3, 0.4) is 0 Å². The van der Waals surface area contributed by atoms with Gasteiger partial charge in [-0.15, -0.1) is 0 Å². The number of nitrogens with zero attached hydrogens (tertiary/aromatic N) is 3. The number of ether oxygens (including phenoxy) is 1. The van der Waals surface area contributed by atoms with Gasteiger partial charge < -0.3 is 19.9 Å². The highest BCUT2D eigenvalue weighted by Gasteiger charge is 2.23. The molecule has 1 unspecified atom stereocenters. The number of nitrogens with one attached hydrogen (secondary N) is 1. The lowest BCUT2D eigenvalue weighted by molar-refractivity contribution is 0.0950. The number of carbonyl (C=O) groups is 1. The molecule has 3 heterocycles. The molecule has 0 saturated carbocycles. The smallest absolute Gasteiger partial charge is 0.255 e. The lowest BCUT2D eigenvalue weighted by Gasteiger charge is -2.29. The number of methoxy groups -OCH3 is 1. The second kappa shape index (κ2) is 10.4. The van der Waals surface area contributed by atoms with Crippen molar-refractivity contribution < 1.29 is 9.53 Å². The summed E-state index contributed by atoms with van der Waals surface area (Å²) in [6, 6.07) is 12.4. The minimum absolute atomic E-state index is 0.0253. The third-order valence-corrected chi connectivity index (χ3v) is 7.19. The molecule has 0 radical (unpaired) electrons. The van der Waals surface area contributed by atoms with Gasteiger partial charge in [0, 0.05) is 42.7 Å². The van der Waals surface area contributed by atoms with E-state index in [1.165, 1.54) is 12.8 Å². The summed E-state index contributed by atoms with van der Waals surface area (Å²) >= 11 is 1.95. The van der Waals surface area contributed by atoms with Crippen LogP contribution >= 0.6 is 11.8 Å². The van der Waals surface area contributed by atoms with Gasteiger partial charge in [-0.2, -0.15) is 11.8 Å². The van der Waals surface area contributed by atoms with Crippen molar-refractivity contribution in [3.63, 3.8) is 0 Å². The Morgan fingerprint density at radius 2 is 1.94 bits per heavy atom. The molecule has 1 aromatic carbocycles. The van der Waals surface area contributed by atoms with E-state index in [9.17, 15) is 4.79 Å². The normalized spacial score (nSPS) is 19.4. The minimum Gasteiger partial charge on any atom is -0.497 e. The number of benzene rings is 1. The second-order valence-electron chi connectivity index (χ2n) is 8.22. The van der Waals surface area contributed by atoms with Crippen LogP contribution in [0.4, 0.5) is 5.82 Å². The Labute approximate surface area is 189 Å². The van der Waals surface area contributed by atoms with Gasteiger partial charge in [-0.1, -0.05) is 0 Å². The summed E-state index contributed by atoms with van der Waals surface area (Å²) < 4.78 is 5.27. The first-order chi connectivity index (χ1) is 15.2. The van der Waals surface area contributed by atoms with Crippen LogP contribution in [-0.4, -0.2) is 73.7 Å². The van der Waals surface area contributed by atoms with E-state index in [-0.39, 0.29) is 5.91 Å². The van der Waals surface area contributed by atoms with Crippen molar-refractivity contribution in [2.75, 3.05) is 56.7 Å². The fourth-order valence-electron chi connectivity index (χ4n) is 4.36. The molecule has 6 nitrogen and oxygen atoms in total. The number of hydrogen-bond donors (Lipinski definition) is 1. The van der Waals surface area contributed by atoms with E-state index < -0.39 is 0 Å². The Bertz CT molecular complexity index is 884. The summed E-state index contributed by atoms with van der Waals surface area (Å²) in [4.78, 5) is 22.7. The average Bonchev–Trinajstić information content (AvgIpc) is 3.24. The standard InChI is InChI=1S/C24H32N4O2S/c1-27-13-3-4-19(27)11-12-25-24(29)21-9-10-22(18-5-7-20(30-2)8-6-18)26-23(21)28-14-16-31-17-15-28/h5-10,19H,3-4,11-17H2,1-2H3,(H,25,29). The highest BCUT2D eigenvalue weighted by atomic mass is 32.2. The first-order valence-electron chi connectivity index (χ1n) is 11.1. The minimum atomic E-state index is -0.0253. The topological polar surface area (TPSA) is 57.7 Å². The van der Waals surface area contributed by atoms with Crippen LogP contribution in [-0.2, 0) is 0 Å². The number of thioether (sulfide) groups is 1. The maximum atomic E-state index is 13.1. The van der Waals surface area contributed by atoms with E-state index in [0.717, 1.165) is 60.4 Å². The molecule has 31 heavy (non-hydrogen) atoms. The summed E-state index contributed by atoms with van der Waals surface area (Å²) in [7, 11) is 3.84. The predicted molar refractivity (Wildman–Crippen MR) is 128 cm³/mol. The van der Waals surface area contributed by atoms with Crippen LogP contribution in [0.2, 0.25) is 0 Å². The molecule has 2 aromatic rings. The molecule has 2 saturated heterocycles. The predicted octanol–water partition coefficient (Wildman–Crippen LogP) is 3.52. The molecular formula is C24H32N4O2S. The number of pyridine rings is 1. The average molecular weight is 441 g/mol. The Morgan fingerprint density at radius 1 is 1.16 bits per heavy atom. The van der Waals surface area contributed by atoms with Gasteiger partial charge in [-0.05, 0) is 69.3 Å². The highest BCUT2D eigenvalue weighted by Crippen LogP contribution is 2.28. The van der Waals surface area contributed by atoms with Crippen molar-refractivity contribution in [1.29, 1.82) is 0 Å². The van der Waals surface area contributed by atoms with E-state index in [2.05, 4.69) is 22.2 Å². The van der Waals surface area contributed by atoms with Crippen LogP contribution < -0.4 is 15.0 Å². The zero-order valence-corrected chi connectivity index (χ0v) is 19.3. The van der Waals surface area contributed by atoms with Gasteiger partial charge in [-0.3, -0.25) is 4.79 Å². The number of aromatic nitrogens is 1. The van der Waals surface area contributed by atoms with E-state index in [1.54, 1.807) is 7.11 Å². The van der Waals surface area contributed by atoms with Gasteiger partial charge >= 0.3 is 0 Å². The molecule has 1 atom stereocenters. The molecule has 2 aliphatic rings. The quantitative estimate of drug-likeness (QED) is 0.711. The van der Waals surface area contributed by atoms with Gasteiger partial charge in [0.05, 0.1) is 18.4 Å². The zero-order valence-electron chi connectivity index (χ0n) is 18.5. The summed E-state index contributed by atoms with van der Waals surface area (Å²) in [5.74, 6) is 3.71. The molecule has 2 fully saturated rings. The number of carbonyl (C=O) groups excluding carboxylic acids is 1. The van der Waals surface area contributed by atoms with Crippen LogP contribution in [0.1, 0.15) is 29.6 Å². The number of likely N-dealkylation sites (tertiary alicyclic amines) is 1. The first kappa shape index (κ1) is 22.0. The number of rotatable bonds is 7. The summed E-state index contributed by atoms with van der Waals surface area (Å²) in [5.41, 5.74) is 2.56. The van der Waals surface area contributed by atoms with Crippen LogP contribution in [0.15, 0.2) is 36.4 Å². The van der Waals surface area contributed by atoms with Crippen molar-refractivity contribution in [3.05, 3.63) is 42.0 Å². The van der Waals surface area contributed by atoms with Gasteiger partial charge in [0.1, 0.15) is 11.6 Å². The lowest BCUT2D eigenvalue weighted by Crippen LogP contribution is -2.36. The second-order valence-corrected chi connectivity index (χ2v) is 9.44. The van der Waals surface area contributed by atoms with E-state index in [1.807, 2.05) is 48.2 Å². The largest absolute Gasteiger partial charge is 0.497 e. The zero-order chi connectivity index (χ0) is 21.6. The van der Waals surface area contributed by atoms with E-state index in [4.69, 9.17) is 9.72 Å². The van der Waals surface area contributed by atoms with Crippen LogP contribution in [0.25, 0.3) is 11.3 Å². The molecule has 166 valence electrons. The van der Waals surface area contributed by atoms with Gasteiger partial charge in [0.2, 0.25) is 0 Å². The fraction of sp³-hybridized carbons (Fsp3) is 0.500. The highest BCUT2D eigenvalue weighted by molar-refractivity contribution is 7.99. The van der Waals surface area contributed by atoms with Crippen LogP contribution in [0.5, 0.6) is 5.75 Å². The third-order valence-electron chi connectivity index (χ3n) is 6.25. The Kier molecular flexibility index (Phi) is 7.35. The molecule has 1 aromatic heterocycles. The lowest BCUT2D eigenvalue weighted by atomic mass is 10.1. The van der Waals surface area contributed by atoms with E-state index >= 15 is 0 Å². The van der Waals surface area contributed by atoms with Gasteiger partial charge in [0.25, 0.3) is 5.91 Å². The number of amides is 1. The van der Waals surface area contributed by atoms with Crippen molar-refractivity contribution >= 4 is 23.5 Å². The van der Waals surface area contributed by atoms with Crippen molar-refractivity contribution in [1.82, 2.24) is 15.2 Å². The molecule has 1 N–H and O–H groups in total. The van der Waals surface area contributed by atoms with Crippen molar-refractivity contribution in [2.45, 2.75) is 25.3 Å².